The van der Waals surface area contributed by atoms with Crippen molar-refractivity contribution < 1.29 is 9.50 Å². The highest BCUT2D eigenvalue weighted by Gasteiger charge is 2.09. The van der Waals surface area contributed by atoms with Crippen molar-refractivity contribution in [1.29, 1.82) is 0 Å². The maximum atomic E-state index is 13.3. The lowest BCUT2D eigenvalue weighted by atomic mass is 10.1. The number of aryl methyl sites for hydroxylation is 1. The Morgan fingerprint density at radius 1 is 1.12 bits per heavy atom. The van der Waals surface area contributed by atoms with Gasteiger partial charge in [0.1, 0.15) is 12.1 Å². The highest BCUT2D eigenvalue weighted by Crippen LogP contribution is 2.20. The summed E-state index contributed by atoms with van der Waals surface area (Å²) < 4.78 is 13.3. The number of rotatable bonds is 5. The van der Waals surface area contributed by atoms with Gasteiger partial charge in [0, 0.05) is 29.9 Å². The second-order valence-corrected chi connectivity index (χ2v) is 5.43. The van der Waals surface area contributed by atoms with Gasteiger partial charge in [0.2, 0.25) is 5.95 Å². The van der Waals surface area contributed by atoms with Crippen molar-refractivity contribution >= 4 is 5.82 Å². The summed E-state index contributed by atoms with van der Waals surface area (Å²) in [6, 6.07) is 12.8. The molecule has 122 valence electrons. The Kier molecular flexibility index (Phi) is 4.77. The molecule has 1 unspecified atom stereocenters. The summed E-state index contributed by atoms with van der Waals surface area (Å²) in [7, 11) is 0. The molecule has 0 aliphatic rings. The smallest absolute Gasteiger partial charge is 0.215 e. The number of hydrogen-bond donors (Lipinski definition) is 2. The lowest BCUT2D eigenvalue weighted by Gasteiger charge is -2.13. The van der Waals surface area contributed by atoms with E-state index in [0.717, 1.165) is 5.56 Å². The topological polar surface area (TPSA) is 70.9 Å². The number of nitrogens with one attached hydrogen (secondary N) is 1. The summed E-state index contributed by atoms with van der Waals surface area (Å²) in [5.74, 6) is 0.0918. The average Bonchev–Trinajstić information content (AvgIpc) is 2.63. The first-order chi connectivity index (χ1) is 11.6. The standard InChI is InChI=1S/C18H17FN4O/c1-12-7-14(9-21-18(12)19)15-8-17(23-11-22-15)20-10-16(24)13-5-3-2-4-6-13/h2-9,11,16,24H,10H2,1H3,(H,20,22,23). The Labute approximate surface area is 139 Å². The zero-order valence-corrected chi connectivity index (χ0v) is 13.1. The summed E-state index contributed by atoms with van der Waals surface area (Å²) in [4.78, 5) is 12.0. The summed E-state index contributed by atoms with van der Waals surface area (Å²) in [5.41, 5.74) is 2.64. The molecule has 1 aromatic carbocycles. The van der Waals surface area contributed by atoms with Crippen LogP contribution in [0.25, 0.3) is 11.3 Å². The first-order valence-corrected chi connectivity index (χ1v) is 7.55. The van der Waals surface area contributed by atoms with Gasteiger partial charge in [-0.3, -0.25) is 0 Å². The molecule has 2 aromatic heterocycles. The molecular weight excluding hydrogens is 307 g/mol. The van der Waals surface area contributed by atoms with Crippen molar-refractivity contribution in [2.75, 3.05) is 11.9 Å². The van der Waals surface area contributed by atoms with E-state index in [1.54, 1.807) is 19.1 Å². The third-order valence-electron chi connectivity index (χ3n) is 3.64. The van der Waals surface area contributed by atoms with Crippen LogP contribution in [0.5, 0.6) is 0 Å². The average molecular weight is 324 g/mol. The molecule has 3 rings (SSSR count). The Balaban J connectivity index is 1.72. The van der Waals surface area contributed by atoms with Gasteiger partial charge in [0.15, 0.2) is 0 Å². The van der Waals surface area contributed by atoms with Crippen LogP contribution in [-0.4, -0.2) is 26.6 Å². The van der Waals surface area contributed by atoms with Gasteiger partial charge >= 0.3 is 0 Å². The minimum Gasteiger partial charge on any atom is -0.387 e. The molecule has 24 heavy (non-hydrogen) atoms. The highest BCUT2D eigenvalue weighted by molar-refractivity contribution is 5.61. The molecule has 6 heteroatoms. The van der Waals surface area contributed by atoms with Crippen LogP contribution < -0.4 is 5.32 Å². The number of benzene rings is 1. The molecule has 1 atom stereocenters. The fraction of sp³-hybridized carbons (Fsp3) is 0.167. The maximum Gasteiger partial charge on any atom is 0.215 e. The fourth-order valence-corrected chi connectivity index (χ4v) is 2.30. The summed E-state index contributed by atoms with van der Waals surface area (Å²) in [5, 5.41) is 13.3. The second kappa shape index (κ2) is 7.14. The summed E-state index contributed by atoms with van der Waals surface area (Å²) in [6.45, 7) is 1.98. The molecule has 0 saturated carbocycles. The maximum absolute atomic E-state index is 13.3. The van der Waals surface area contributed by atoms with E-state index in [1.165, 1.54) is 12.5 Å². The number of aliphatic hydroxyl groups is 1. The number of halogens is 1. The zero-order chi connectivity index (χ0) is 16.9. The predicted octanol–water partition coefficient (Wildman–Crippen LogP) is 3.13. The number of pyridine rings is 1. The van der Waals surface area contributed by atoms with E-state index >= 15 is 0 Å². The first kappa shape index (κ1) is 16.0. The third-order valence-corrected chi connectivity index (χ3v) is 3.64. The fourth-order valence-electron chi connectivity index (χ4n) is 2.30. The lowest BCUT2D eigenvalue weighted by molar-refractivity contribution is 0.191. The van der Waals surface area contributed by atoms with E-state index in [1.807, 2.05) is 30.3 Å². The van der Waals surface area contributed by atoms with Crippen molar-refractivity contribution in [1.82, 2.24) is 15.0 Å². The molecule has 0 saturated heterocycles. The Hall–Kier alpha value is -2.86. The van der Waals surface area contributed by atoms with E-state index in [9.17, 15) is 9.50 Å². The molecule has 0 radical (unpaired) electrons. The molecule has 0 amide bonds. The van der Waals surface area contributed by atoms with Gasteiger partial charge < -0.3 is 10.4 Å². The van der Waals surface area contributed by atoms with Crippen molar-refractivity contribution in [3.63, 3.8) is 0 Å². The Bertz CT molecular complexity index is 826. The highest BCUT2D eigenvalue weighted by atomic mass is 19.1. The van der Waals surface area contributed by atoms with E-state index in [-0.39, 0.29) is 0 Å². The van der Waals surface area contributed by atoms with Crippen LogP contribution >= 0.6 is 0 Å². The lowest BCUT2D eigenvalue weighted by Crippen LogP contribution is -2.13. The van der Waals surface area contributed by atoms with Crippen molar-refractivity contribution in [2.24, 2.45) is 0 Å². The van der Waals surface area contributed by atoms with Crippen molar-refractivity contribution in [3.05, 3.63) is 72.1 Å². The van der Waals surface area contributed by atoms with Gasteiger partial charge in [-0.15, -0.1) is 0 Å². The molecule has 0 aliphatic heterocycles. The van der Waals surface area contributed by atoms with Crippen LogP contribution in [0.15, 0.2) is 55.0 Å². The Morgan fingerprint density at radius 2 is 1.92 bits per heavy atom. The second-order valence-electron chi connectivity index (χ2n) is 5.43. The number of aliphatic hydroxyl groups excluding tert-OH is 1. The first-order valence-electron chi connectivity index (χ1n) is 7.55. The van der Waals surface area contributed by atoms with Crippen LogP contribution in [0.2, 0.25) is 0 Å². The van der Waals surface area contributed by atoms with Crippen LogP contribution in [0, 0.1) is 12.9 Å². The summed E-state index contributed by atoms with van der Waals surface area (Å²) in [6.07, 6.45) is 2.22. The zero-order valence-electron chi connectivity index (χ0n) is 13.1. The van der Waals surface area contributed by atoms with Gasteiger partial charge in [-0.25, -0.2) is 15.0 Å². The molecule has 2 N–H and O–H groups in total. The predicted molar refractivity (Wildman–Crippen MR) is 89.8 cm³/mol. The van der Waals surface area contributed by atoms with Gasteiger partial charge in [-0.05, 0) is 18.6 Å². The molecule has 2 heterocycles. The number of hydrogen-bond acceptors (Lipinski definition) is 5. The van der Waals surface area contributed by atoms with E-state index in [0.29, 0.717) is 29.2 Å². The third kappa shape index (κ3) is 3.72. The summed E-state index contributed by atoms with van der Waals surface area (Å²) >= 11 is 0. The normalized spacial score (nSPS) is 12.0. The van der Waals surface area contributed by atoms with Crippen LogP contribution in [0.3, 0.4) is 0 Å². The SMILES string of the molecule is Cc1cc(-c2cc(NCC(O)c3ccccc3)ncn2)cnc1F. The molecule has 5 nitrogen and oxygen atoms in total. The van der Waals surface area contributed by atoms with E-state index in [2.05, 4.69) is 20.3 Å². The van der Waals surface area contributed by atoms with Gasteiger partial charge in [-0.2, -0.15) is 4.39 Å². The quantitative estimate of drug-likeness (QED) is 0.706. The van der Waals surface area contributed by atoms with Crippen LogP contribution in [-0.2, 0) is 0 Å². The Morgan fingerprint density at radius 3 is 2.67 bits per heavy atom. The van der Waals surface area contributed by atoms with Gasteiger partial charge in [0.25, 0.3) is 0 Å². The van der Waals surface area contributed by atoms with Gasteiger partial charge in [0.05, 0.1) is 11.8 Å². The molecule has 0 aliphatic carbocycles. The molecule has 3 aromatic rings. The van der Waals surface area contributed by atoms with Crippen LogP contribution in [0.1, 0.15) is 17.2 Å². The van der Waals surface area contributed by atoms with E-state index in [4.69, 9.17) is 0 Å². The largest absolute Gasteiger partial charge is 0.387 e. The van der Waals surface area contributed by atoms with E-state index < -0.39 is 12.1 Å². The monoisotopic (exact) mass is 324 g/mol. The minimum atomic E-state index is -0.639. The molecular formula is C18H17FN4O. The molecule has 0 fully saturated rings. The van der Waals surface area contributed by atoms with Crippen molar-refractivity contribution in [3.8, 4) is 11.3 Å². The number of anilines is 1. The number of nitrogens with zero attached hydrogens (tertiary/aromatic N) is 3. The number of aromatic nitrogens is 3. The minimum absolute atomic E-state index is 0.321. The van der Waals surface area contributed by atoms with Crippen molar-refractivity contribution in [2.45, 2.75) is 13.0 Å². The van der Waals surface area contributed by atoms with Crippen LogP contribution in [0.4, 0.5) is 10.2 Å². The molecule has 0 spiro atoms. The van der Waals surface area contributed by atoms with Gasteiger partial charge in [-0.1, -0.05) is 30.3 Å². The molecule has 0 bridgehead atoms.